The first-order valence-corrected chi connectivity index (χ1v) is 29.3. The van der Waals surface area contributed by atoms with Crippen LogP contribution in [0.25, 0.3) is 0 Å². The predicted molar refractivity (Wildman–Crippen MR) is 285 cm³/mol. The number of rotatable bonds is 54. The monoisotopic (exact) mass is 934 g/mol. The van der Waals surface area contributed by atoms with Crippen molar-refractivity contribution in [3.63, 3.8) is 0 Å². The highest BCUT2D eigenvalue weighted by Gasteiger charge is 2.20. The molecule has 0 aromatic heterocycles. The zero-order valence-corrected chi connectivity index (χ0v) is 44.8. The minimum absolute atomic E-state index is 0.0730. The third-order valence-corrected chi connectivity index (χ3v) is 13.4. The molecule has 0 heterocycles. The van der Waals surface area contributed by atoms with Crippen molar-refractivity contribution >= 4 is 17.7 Å². The van der Waals surface area contributed by atoms with Crippen LogP contribution in [-0.2, 0) is 14.4 Å². The normalized spacial score (nSPS) is 12.0. The molecule has 0 aliphatic heterocycles. The molecule has 3 amide bonds. The lowest BCUT2D eigenvalue weighted by Crippen LogP contribution is -2.48. The highest BCUT2D eigenvalue weighted by atomic mass is 16.3. The molecule has 0 aromatic rings. The van der Waals surface area contributed by atoms with Crippen molar-refractivity contribution < 1.29 is 19.5 Å². The average Bonchev–Trinajstić information content (AvgIpc) is 3.30. The lowest BCUT2D eigenvalue weighted by atomic mass is 10.1. The third kappa shape index (κ3) is 48.7. The number of nitrogens with zero attached hydrogens (tertiary/aromatic N) is 2. The Labute approximate surface area is 411 Å². The van der Waals surface area contributed by atoms with Crippen LogP contribution in [-0.4, -0.2) is 97.6 Å². The summed E-state index contributed by atoms with van der Waals surface area (Å²) in [4.78, 5) is 43.2. The van der Waals surface area contributed by atoms with Crippen LogP contribution >= 0.6 is 0 Å². The second-order valence-corrected chi connectivity index (χ2v) is 20.3. The van der Waals surface area contributed by atoms with Crippen molar-refractivity contribution in [3.8, 4) is 0 Å². The predicted octanol–water partition coefficient (Wildman–Crippen LogP) is 14.0. The van der Waals surface area contributed by atoms with Gasteiger partial charge < -0.3 is 26.0 Å². The van der Waals surface area contributed by atoms with E-state index in [0.717, 1.165) is 77.4 Å². The Morgan fingerprint density at radius 1 is 0.333 bits per heavy atom. The highest BCUT2D eigenvalue weighted by molar-refractivity contribution is 5.81. The fraction of sp³-hybridized carbons (Fsp3) is 0.947. The van der Waals surface area contributed by atoms with E-state index in [-0.39, 0.29) is 37.4 Å². The minimum atomic E-state index is -0.675. The van der Waals surface area contributed by atoms with Crippen LogP contribution in [0.5, 0.6) is 0 Å². The van der Waals surface area contributed by atoms with Gasteiger partial charge in [-0.1, -0.05) is 240 Å². The number of amides is 3. The molecule has 0 saturated carbocycles. The third-order valence-electron chi connectivity index (χ3n) is 13.4. The van der Waals surface area contributed by atoms with Gasteiger partial charge in [0.05, 0.1) is 19.2 Å². The molecule has 66 heavy (non-hydrogen) atoms. The largest absolute Gasteiger partial charge is 0.390 e. The Morgan fingerprint density at radius 3 is 0.924 bits per heavy atom. The van der Waals surface area contributed by atoms with Crippen molar-refractivity contribution in [1.29, 1.82) is 0 Å². The first-order valence-electron chi connectivity index (χ1n) is 29.3. The molecule has 0 bridgehead atoms. The smallest absolute Gasteiger partial charge is 0.234 e. The fourth-order valence-electron chi connectivity index (χ4n) is 9.17. The van der Waals surface area contributed by atoms with E-state index in [0.29, 0.717) is 26.1 Å². The lowest BCUT2D eigenvalue weighted by Gasteiger charge is -2.29. The molecule has 9 nitrogen and oxygen atoms in total. The van der Waals surface area contributed by atoms with Crippen LogP contribution in [0.1, 0.15) is 285 Å². The Kier molecular flexibility index (Phi) is 51.3. The van der Waals surface area contributed by atoms with E-state index in [1.165, 1.54) is 193 Å². The molecule has 0 rings (SSSR count). The van der Waals surface area contributed by atoms with Crippen molar-refractivity contribution in [1.82, 2.24) is 25.8 Å². The maximum absolute atomic E-state index is 13.2. The second-order valence-electron chi connectivity index (χ2n) is 20.3. The number of hydrogen-bond acceptors (Lipinski definition) is 6. The molecule has 0 fully saturated rings. The number of aliphatic hydroxyl groups is 1. The molecule has 0 aliphatic carbocycles. The molecule has 9 heteroatoms. The summed E-state index contributed by atoms with van der Waals surface area (Å²) in [6.45, 7) is 14.0. The van der Waals surface area contributed by atoms with Crippen LogP contribution in [0.15, 0.2) is 0 Å². The summed E-state index contributed by atoms with van der Waals surface area (Å²) in [5.74, 6) is 0.0258. The van der Waals surface area contributed by atoms with E-state index in [9.17, 15) is 19.5 Å². The van der Waals surface area contributed by atoms with Crippen LogP contribution in [0.2, 0.25) is 0 Å². The van der Waals surface area contributed by atoms with Gasteiger partial charge in [0.2, 0.25) is 17.7 Å². The summed E-state index contributed by atoms with van der Waals surface area (Å²) >= 11 is 0. The Hall–Kier alpha value is -1.71. The fourth-order valence-corrected chi connectivity index (χ4v) is 9.17. The summed E-state index contributed by atoms with van der Waals surface area (Å²) in [7, 11) is 0. The van der Waals surface area contributed by atoms with Crippen molar-refractivity contribution in [2.45, 2.75) is 291 Å². The molecule has 4 N–H and O–H groups in total. The van der Waals surface area contributed by atoms with Gasteiger partial charge in [-0.05, 0) is 51.6 Å². The van der Waals surface area contributed by atoms with E-state index in [1.807, 2.05) is 4.90 Å². The summed E-state index contributed by atoms with van der Waals surface area (Å²) < 4.78 is 0. The lowest BCUT2D eigenvalue weighted by molar-refractivity contribution is -0.126. The molecular weight excluding hydrogens is 819 g/mol. The maximum atomic E-state index is 13.2. The van der Waals surface area contributed by atoms with Gasteiger partial charge in [-0.2, -0.15) is 0 Å². The number of carbonyl (C=O) groups excluding carboxylic acids is 3. The van der Waals surface area contributed by atoms with Gasteiger partial charge in [0, 0.05) is 39.1 Å². The summed E-state index contributed by atoms with van der Waals surface area (Å²) in [5.41, 5.74) is 0. The number of hydrogen-bond donors (Lipinski definition) is 4. The average molecular weight is 935 g/mol. The summed E-state index contributed by atoms with van der Waals surface area (Å²) in [6.07, 6.45) is 48.2. The van der Waals surface area contributed by atoms with E-state index in [1.54, 1.807) is 0 Å². The zero-order valence-electron chi connectivity index (χ0n) is 44.8. The number of nitrogens with one attached hydrogen (secondary N) is 3. The van der Waals surface area contributed by atoms with Crippen LogP contribution in [0, 0.1) is 0 Å². The number of aliphatic hydroxyl groups excluding tert-OH is 1. The highest BCUT2D eigenvalue weighted by Crippen LogP contribution is 2.14. The molecule has 392 valence electrons. The first kappa shape index (κ1) is 64.3. The Morgan fingerprint density at radius 2 is 0.591 bits per heavy atom. The molecule has 1 atom stereocenters. The van der Waals surface area contributed by atoms with Gasteiger partial charge in [-0.3, -0.25) is 19.3 Å². The van der Waals surface area contributed by atoms with E-state index in [2.05, 4.69) is 48.5 Å². The van der Waals surface area contributed by atoms with Crippen molar-refractivity contribution in [3.05, 3.63) is 0 Å². The van der Waals surface area contributed by atoms with Gasteiger partial charge in [-0.25, -0.2) is 0 Å². The van der Waals surface area contributed by atoms with E-state index >= 15 is 0 Å². The maximum Gasteiger partial charge on any atom is 0.234 e. The van der Waals surface area contributed by atoms with Crippen LogP contribution < -0.4 is 16.0 Å². The quantitative estimate of drug-likeness (QED) is 0.0452. The summed E-state index contributed by atoms with van der Waals surface area (Å²) in [6, 6.07) is 0. The standard InChI is InChI=1S/C57H115N5O4/c1-5-9-13-17-21-25-26-27-28-32-36-42-48-61(49-43-37-38-44-55(64)58-45-39-33-29-22-18-14-10-6-2)50-54(63)51-62(52-56(65)59-46-40-34-30-23-19-15-11-7-3)53-57(66)60-47-41-35-31-24-20-16-12-8-4/h54,63H,5-53H2,1-4H3,(H,58,64)(H,59,65)(H,60,66). The first-order chi connectivity index (χ1) is 32.4. The van der Waals surface area contributed by atoms with Crippen molar-refractivity contribution in [2.24, 2.45) is 0 Å². The SMILES string of the molecule is CCCCCCCCCCCCCCN(CCCCCC(=O)NCCCCCCCCCC)CC(O)CN(CC(=O)NCCCCCCCCCC)CC(=O)NCCCCCCCCCC. The molecule has 1 unspecified atom stereocenters. The summed E-state index contributed by atoms with van der Waals surface area (Å²) in [5, 5.41) is 20.9. The van der Waals surface area contributed by atoms with E-state index < -0.39 is 6.10 Å². The van der Waals surface area contributed by atoms with Gasteiger partial charge in [0.1, 0.15) is 0 Å². The molecule has 0 radical (unpaired) electrons. The van der Waals surface area contributed by atoms with Gasteiger partial charge in [0.15, 0.2) is 0 Å². The van der Waals surface area contributed by atoms with Crippen LogP contribution in [0.3, 0.4) is 0 Å². The van der Waals surface area contributed by atoms with E-state index in [4.69, 9.17) is 0 Å². The Bertz CT molecular complexity index is 995. The second kappa shape index (κ2) is 52.7. The number of unbranched alkanes of at least 4 members (excludes halogenated alkanes) is 34. The molecule has 0 aromatic carbocycles. The number of carbonyl (C=O) groups is 3. The molecular formula is C57H115N5O4. The molecule has 0 aliphatic rings. The Balaban J connectivity index is 5.14. The van der Waals surface area contributed by atoms with Gasteiger partial charge in [-0.15, -0.1) is 0 Å². The zero-order chi connectivity index (χ0) is 48.2. The van der Waals surface area contributed by atoms with Gasteiger partial charge >= 0.3 is 0 Å². The van der Waals surface area contributed by atoms with Crippen molar-refractivity contribution in [2.75, 3.05) is 58.9 Å². The topological polar surface area (TPSA) is 114 Å². The molecule has 0 saturated heterocycles. The molecule has 0 spiro atoms. The van der Waals surface area contributed by atoms with Gasteiger partial charge in [0.25, 0.3) is 0 Å². The minimum Gasteiger partial charge on any atom is -0.390 e. The van der Waals surface area contributed by atoms with Crippen LogP contribution in [0.4, 0.5) is 0 Å².